The summed E-state index contributed by atoms with van der Waals surface area (Å²) in [5.74, 6) is -0.151. The van der Waals surface area contributed by atoms with E-state index in [1.54, 1.807) is 42.5 Å². The van der Waals surface area contributed by atoms with Gasteiger partial charge in [-0.2, -0.15) is 15.0 Å². The molecule has 0 aliphatic heterocycles. The van der Waals surface area contributed by atoms with Crippen LogP contribution in [0.15, 0.2) is 30.6 Å². The third-order valence-electron chi connectivity index (χ3n) is 3.43. The molecule has 1 aromatic carbocycles. The van der Waals surface area contributed by atoms with Gasteiger partial charge in [-0.25, -0.2) is 0 Å². The Balaban J connectivity index is 2.43. The Hall–Kier alpha value is -1.92. The van der Waals surface area contributed by atoms with Crippen molar-refractivity contribution in [3.63, 3.8) is 0 Å². The summed E-state index contributed by atoms with van der Waals surface area (Å²) in [5.41, 5.74) is 6.76. The van der Waals surface area contributed by atoms with E-state index in [2.05, 4.69) is 10.2 Å². The predicted octanol–water partition coefficient (Wildman–Crippen LogP) is 1.73. The highest BCUT2D eigenvalue weighted by Gasteiger charge is 2.22. The molecule has 112 valence electrons. The lowest BCUT2D eigenvalue weighted by atomic mass is 10.1. The molecule has 0 saturated carbocycles. The number of aromatic nitrogens is 3. The van der Waals surface area contributed by atoms with Gasteiger partial charge in [0.05, 0.1) is 23.6 Å². The van der Waals surface area contributed by atoms with E-state index in [-0.39, 0.29) is 11.9 Å². The number of benzene rings is 1. The molecule has 0 radical (unpaired) electrons. The second-order valence-corrected chi connectivity index (χ2v) is 5.13. The monoisotopic (exact) mass is 307 g/mol. The lowest BCUT2D eigenvalue weighted by molar-refractivity contribution is 0.0732. The Kier molecular flexibility index (Phi) is 4.93. The van der Waals surface area contributed by atoms with Gasteiger partial charge in [0, 0.05) is 24.7 Å². The quantitative estimate of drug-likeness (QED) is 0.912. The molecule has 0 aliphatic rings. The van der Waals surface area contributed by atoms with Gasteiger partial charge in [-0.05, 0) is 24.6 Å². The number of carbonyl (C=O) groups excluding carboxylic acids is 1. The van der Waals surface area contributed by atoms with Crippen molar-refractivity contribution >= 4 is 17.5 Å². The maximum Gasteiger partial charge on any atom is 0.256 e. The van der Waals surface area contributed by atoms with Crippen molar-refractivity contribution < 1.29 is 4.79 Å². The van der Waals surface area contributed by atoms with E-state index in [1.807, 2.05) is 6.92 Å². The lowest BCUT2D eigenvalue weighted by Crippen LogP contribution is -2.41. The van der Waals surface area contributed by atoms with Crippen LogP contribution in [0.3, 0.4) is 0 Å². The van der Waals surface area contributed by atoms with Crippen LogP contribution >= 0.6 is 11.6 Å². The van der Waals surface area contributed by atoms with Gasteiger partial charge in [-0.1, -0.05) is 18.5 Å². The van der Waals surface area contributed by atoms with E-state index >= 15 is 0 Å². The molecule has 21 heavy (non-hydrogen) atoms. The van der Waals surface area contributed by atoms with Crippen LogP contribution in [-0.4, -0.2) is 45.4 Å². The fraction of sp³-hybridized carbons (Fsp3) is 0.357. The Morgan fingerprint density at radius 2 is 2.10 bits per heavy atom. The maximum absolute atomic E-state index is 12.7. The van der Waals surface area contributed by atoms with Crippen LogP contribution in [0.25, 0.3) is 5.69 Å². The maximum atomic E-state index is 12.7. The summed E-state index contributed by atoms with van der Waals surface area (Å²) in [5, 5.41) is 8.63. The average molecular weight is 308 g/mol. The van der Waals surface area contributed by atoms with Crippen LogP contribution in [0.5, 0.6) is 0 Å². The van der Waals surface area contributed by atoms with Crippen LogP contribution in [0, 0.1) is 0 Å². The fourth-order valence-electron chi connectivity index (χ4n) is 2.15. The number of rotatable bonds is 5. The third kappa shape index (κ3) is 3.22. The molecule has 2 rings (SSSR count). The molecular formula is C14H18ClN5O. The molecule has 1 aromatic heterocycles. The van der Waals surface area contributed by atoms with E-state index in [1.165, 1.54) is 4.80 Å². The van der Waals surface area contributed by atoms with Gasteiger partial charge >= 0.3 is 0 Å². The molecule has 1 heterocycles. The molecule has 0 bridgehead atoms. The molecule has 0 spiro atoms. The summed E-state index contributed by atoms with van der Waals surface area (Å²) >= 11 is 6.03. The molecule has 1 atom stereocenters. The van der Waals surface area contributed by atoms with E-state index in [4.69, 9.17) is 17.3 Å². The summed E-state index contributed by atoms with van der Waals surface area (Å²) in [6, 6.07) is 5.04. The predicted molar refractivity (Wildman–Crippen MR) is 81.6 cm³/mol. The van der Waals surface area contributed by atoms with Crippen molar-refractivity contribution in [3.05, 3.63) is 41.2 Å². The normalized spacial score (nSPS) is 12.2. The number of likely N-dealkylation sites (N-methyl/N-ethyl adjacent to an activating group) is 1. The summed E-state index contributed by atoms with van der Waals surface area (Å²) in [7, 11) is 1.74. The molecule has 1 amide bonds. The zero-order valence-electron chi connectivity index (χ0n) is 12.0. The fourth-order valence-corrected chi connectivity index (χ4v) is 2.32. The van der Waals surface area contributed by atoms with E-state index < -0.39 is 0 Å². The van der Waals surface area contributed by atoms with Crippen molar-refractivity contribution in [1.29, 1.82) is 0 Å². The standard InChI is InChI=1S/C14H18ClN5O/c1-3-11(9-16)19(2)14(21)12-8-10(15)4-5-13(12)20-17-6-7-18-20/h4-8,11H,3,9,16H2,1-2H3/t11-/m0/s1. The van der Waals surface area contributed by atoms with Crippen molar-refractivity contribution in [1.82, 2.24) is 19.9 Å². The van der Waals surface area contributed by atoms with Crippen LogP contribution in [-0.2, 0) is 0 Å². The van der Waals surface area contributed by atoms with E-state index in [9.17, 15) is 4.79 Å². The summed E-state index contributed by atoms with van der Waals surface area (Å²) in [6.45, 7) is 2.41. The van der Waals surface area contributed by atoms with Crippen LogP contribution < -0.4 is 5.73 Å². The molecule has 0 unspecified atom stereocenters. The SMILES string of the molecule is CC[C@@H](CN)N(C)C(=O)c1cc(Cl)ccc1-n1nccn1. The first-order valence-electron chi connectivity index (χ1n) is 6.72. The zero-order chi connectivity index (χ0) is 15.4. The number of halogens is 1. The van der Waals surface area contributed by atoms with Gasteiger partial charge in [0.2, 0.25) is 0 Å². The largest absolute Gasteiger partial charge is 0.337 e. The summed E-state index contributed by atoms with van der Waals surface area (Å²) in [6.07, 6.45) is 3.90. The first-order chi connectivity index (χ1) is 10.1. The highest BCUT2D eigenvalue weighted by molar-refractivity contribution is 6.31. The van der Waals surface area contributed by atoms with Gasteiger partial charge in [0.25, 0.3) is 5.91 Å². The first kappa shape index (κ1) is 15.5. The number of hydrogen-bond donors (Lipinski definition) is 1. The molecule has 0 aliphatic carbocycles. The van der Waals surface area contributed by atoms with Gasteiger partial charge in [-0.3, -0.25) is 4.79 Å². The Morgan fingerprint density at radius 3 is 2.67 bits per heavy atom. The smallest absolute Gasteiger partial charge is 0.256 e. The highest BCUT2D eigenvalue weighted by atomic mass is 35.5. The second-order valence-electron chi connectivity index (χ2n) is 4.69. The summed E-state index contributed by atoms with van der Waals surface area (Å²) < 4.78 is 0. The number of hydrogen-bond acceptors (Lipinski definition) is 4. The van der Waals surface area contributed by atoms with Crippen molar-refractivity contribution in [3.8, 4) is 5.69 Å². The Morgan fingerprint density at radius 1 is 1.43 bits per heavy atom. The molecule has 0 fully saturated rings. The number of carbonyl (C=O) groups is 1. The van der Waals surface area contributed by atoms with Crippen molar-refractivity contribution in [2.75, 3.05) is 13.6 Å². The van der Waals surface area contributed by atoms with Crippen LogP contribution in [0.1, 0.15) is 23.7 Å². The summed E-state index contributed by atoms with van der Waals surface area (Å²) in [4.78, 5) is 15.8. The number of nitrogens with zero attached hydrogens (tertiary/aromatic N) is 4. The van der Waals surface area contributed by atoms with Crippen LogP contribution in [0.2, 0.25) is 5.02 Å². The molecule has 6 nitrogen and oxygen atoms in total. The van der Waals surface area contributed by atoms with E-state index in [0.29, 0.717) is 22.8 Å². The van der Waals surface area contributed by atoms with E-state index in [0.717, 1.165) is 6.42 Å². The molecule has 0 saturated heterocycles. The number of nitrogens with two attached hydrogens (primary N) is 1. The number of amides is 1. The highest BCUT2D eigenvalue weighted by Crippen LogP contribution is 2.21. The van der Waals surface area contributed by atoms with Crippen molar-refractivity contribution in [2.24, 2.45) is 5.73 Å². The van der Waals surface area contributed by atoms with Crippen LogP contribution in [0.4, 0.5) is 0 Å². The van der Waals surface area contributed by atoms with Gasteiger partial charge < -0.3 is 10.6 Å². The third-order valence-corrected chi connectivity index (χ3v) is 3.67. The van der Waals surface area contributed by atoms with Gasteiger partial charge in [0.15, 0.2) is 0 Å². The van der Waals surface area contributed by atoms with Gasteiger partial charge in [0.1, 0.15) is 0 Å². The first-order valence-corrected chi connectivity index (χ1v) is 7.09. The van der Waals surface area contributed by atoms with Crippen molar-refractivity contribution in [2.45, 2.75) is 19.4 Å². The Bertz CT molecular complexity index is 610. The molecule has 2 N–H and O–H groups in total. The second kappa shape index (κ2) is 6.69. The van der Waals surface area contributed by atoms with Gasteiger partial charge in [-0.15, -0.1) is 0 Å². The topological polar surface area (TPSA) is 77.0 Å². The minimum absolute atomic E-state index is 0.0186. The minimum Gasteiger partial charge on any atom is -0.337 e. The minimum atomic E-state index is -0.151. The molecular weight excluding hydrogens is 290 g/mol. The average Bonchev–Trinajstić information content (AvgIpc) is 3.01. The molecule has 2 aromatic rings. The lowest BCUT2D eigenvalue weighted by Gasteiger charge is -2.26. The Labute approximate surface area is 128 Å². The zero-order valence-corrected chi connectivity index (χ0v) is 12.8. The molecule has 7 heteroatoms.